The van der Waals surface area contributed by atoms with Crippen molar-refractivity contribution < 1.29 is 8.42 Å². The lowest BCUT2D eigenvalue weighted by molar-refractivity contribution is 0.609. The molecule has 7 heteroatoms. The van der Waals surface area contributed by atoms with E-state index in [4.69, 9.17) is 10.7 Å². The largest absolute Gasteiger partial charge is 0.299 e. The second-order valence-corrected chi connectivity index (χ2v) is 6.43. The van der Waals surface area contributed by atoms with Gasteiger partial charge in [-0.05, 0) is 24.6 Å². The maximum absolute atomic E-state index is 12.1. The van der Waals surface area contributed by atoms with Gasteiger partial charge in [0, 0.05) is 17.2 Å². The summed E-state index contributed by atoms with van der Waals surface area (Å²) in [6.45, 7) is 2.48. The maximum Gasteiger partial charge on any atom is 0.261 e. The van der Waals surface area contributed by atoms with Gasteiger partial charge in [0.05, 0.1) is 22.1 Å². The summed E-state index contributed by atoms with van der Waals surface area (Å²) in [7, 11) is 1.42. The summed E-state index contributed by atoms with van der Waals surface area (Å²) in [6, 6.07) is 4.07. The van der Waals surface area contributed by atoms with Crippen LogP contribution in [-0.4, -0.2) is 18.0 Å². The van der Waals surface area contributed by atoms with Gasteiger partial charge in [0.1, 0.15) is 0 Å². The highest BCUT2D eigenvalue weighted by Gasteiger charge is 2.12. The number of rotatable bonds is 3. The molecule has 0 atom stereocenters. The minimum atomic E-state index is -3.84. The van der Waals surface area contributed by atoms with Crippen LogP contribution in [0.5, 0.6) is 0 Å². The third-order valence-electron chi connectivity index (χ3n) is 2.54. The van der Waals surface area contributed by atoms with E-state index in [1.165, 1.54) is 29.1 Å². The first-order valence-electron chi connectivity index (χ1n) is 5.37. The molecule has 0 amide bonds. The summed E-state index contributed by atoms with van der Waals surface area (Å²) in [5.74, 6) is 0. The quantitative estimate of drug-likeness (QED) is 0.806. The summed E-state index contributed by atoms with van der Waals surface area (Å²) in [6.07, 6.45) is 2.25. The van der Waals surface area contributed by atoms with Gasteiger partial charge in [-0.2, -0.15) is 0 Å². The molecule has 0 radical (unpaired) electrons. The van der Waals surface area contributed by atoms with Crippen molar-refractivity contribution in [2.24, 2.45) is 0 Å². The van der Waals surface area contributed by atoms with E-state index < -0.39 is 9.05 Å². The molecule has 0 saturated carbocycles. The van der Waals surface area contributed by atoms with Crippen molar-refractivity contribution in [2.45, 2.75) is 24.8 Å². The van der Waals surface area contributed by atoms with Crippen LogP contribution in [0.25, 0.3) is 10.9 Å². The first-order valence-corrected chi connectivity index (χ1v) is 7.68. The van der Waals surface area contributed by atoms with Crippen LogP contribution >= 0.6 is 10.7 Å². The Morgan fingerprint density at radius 3 is 2.72 bits per heavy atom. The van der Waals surface area contributed by atoms with E-state index in [-0.39, 0.29) is 15.8 Å². The lowest BCUT2D eigenvalue weighted by Gasteiger charge is -2.05. The highest BCUT2D eigenvalue weighted by atomic mass is 35.7. The van der Waals surface area contributed by atoms with Gasteiger partial charge >= 0.3 is 0 Å². The van der Waals surface area contributed by atoms with Crippen LogP contribution in [0, 0.1) is 0 Å². The molecule has 18 heavy (non-hydrogen) atoms. The molecule has 1 heterocycles. The monoisotopic (exact) mass is 286 g/mol. The van der Waals surface area contributed by atoms with Crippen molar-refractivity contribution in [3.8, 4) is 0 Å². The van der Waals surface area contributed by atoms with E-state index in [9.17, 15) is 13.2 Å². The van der Waals surface area contributed by atoms with Crippen molar-refractivity contribution in [1.29, 1.82) is 0 Å². The third-order valence-corrected chi connectivity index (χ3v) is 3.89. The predicted octanol–water partition coefficient (Wildman–Crippen LogP) is 1.73. The number of hydrogen-bond acceptors (Lipinski definition) is 4. The Morgan fingerprint density at radius 1 is 1.39 bits per heavy atom. The van der Waals surface area contributed by atoms with Gasteiger partial charge in [-0.1, -0.05) is 6.92 Å². The molecular weight excluding hydrogens is 276 g/mol. The molecule has 0 unspecified atom stereocenters. The van der Waals surface area contributed by atoms with Crippen molar-refractivity contribution in [3.63, 3.8) is 0 Å². The Labute approximate surface area is 108 Å². The molecule has 0 N–H and O–H groups in total. The predicted molar refractivity (Wildman–Crippen MR) is 69.3 cm³/mol. The number of halogens is 1. The summed E-state index contributed by atoms with van der Waals surface area (Å²) in [5, 5.41) is 0.257. The average Bonchev–Trinajstić information content (AvgIpc) is 2.31. The van der Waals surface area contributed by atoms with E-state index in [0.29, 0.717) is 12.1 Å². The first-order chi connectivity index (χ1) is 8.43. The van der Waals surface area contributed by atoms with Crippen LogP contribution in [0.15, 0.2) is 34.2 Å². The fourth-order valence-electron chi connectivity index (χ4n) is 1.69. The molecule has 96 valence electrons. The molecular formula is C11H11ClN2O3S. The van der Waals surface area contributed by atoms with Crippen LogP contribution in [0.1, 0.15) is 13.3 Å². The zero-order valence-electron chi connectivity index (χ0n) is 9.63. The molecule has 2 aromatic rings. The molecule has 5 nitrogen and oxygen atoms in total. The summed E-state index contributed by atoms with van der Waals surface area (Å²) in [4.78, 5) is 16.1. The van der Waals surface area contributed by atoms with Crippen molar-refractivity contribution in [1.82, 2.24) is 9.55 Å². The minimum absolute atomic E-state index is 0.0928. The van der Waals surface area contributed by atoms with Gasteiger partial charge in [-0.15, -0.1) is 0 Å². The summed E-state index contributed by atoms with van der Waals surface area (Å²) >= 11 is 0. The summed E-state index contributed by atoms with van der Waals surface area (Å²) < 4.78 is 23.9. The second-order valence-electron chi connectivity index (χ2n) is 3.86. The molecule has 0 aliphatic heterocycles. The summed E-state index contributed by atoms with van der Waals surface area (Å²) in [5.41, 5.74) is 0.195. The maximum atomic E-state index is 12.1. The van der Waals surface area contributed by atoms with Gasteiger partial charge < -0.3 is 0 Å². The third kappa shape index (κ3) is 2.39. The minimum Gasteiger partial charge on any atom is -0.299 e. The Hall–Kier alpha value is -1.40. The number of aryl methyl sites for hydroxylation is 1. The molecule has 0 saturated heterocycles. The second kappa shape index (κ2) is 4.70. The fourth-order valence-corrected chi connectivity index (χ4v) is 2.47. The number of fused-ring (bicyclic) bond motifs is 1. The van der Waals surface area contributed by atoms with Gasteiger partial charge in [0.2, 0.25) is 0 Å². The Balaban J connectivity index is 2.75. The fraction of sp³-hybridized carbons (Fsp3) is 0.273. The van der Waals surface area contributed by atoms with Crippen molar-refractivity contribution in [3.05, 3.63) is 34.9 Å². The van der Waals surface area contributed by atoms with Crippen molar-refractivity contribution >= 4 is 30.6 Å². The first kappa shape index (κ1) is 13.0. The molecule has 0 fully saturated rings. The van der Waals surface area contributed by atoms with E-state index >= 15 is 0 Å². The molecule has 1 aromatic carbocycles. The Kier molecular flexibility index (Phi) is 3.41. The van der Waals surface area contributed by atoms with Crippen LogP contribution in [0.3, 0.4) is 0 Å². The van der Waals surface area contributed by atoms with Crippen LogP contribution < -0.4 is 5.56 Å². The van der Waals surface area contributed by atoms with E-state index in [2.05, 4.69) is 4.98 Å². The van der Waals surface area contributed by atoms with E-state index in [0.717, 1.165) is 6.42 Å². The Bertz CT molecular complexity index is 752. The number of benzene rings is 1. The zero-order chi connectivity index (χ0) is 13.3. The Morgan fingerprint density at radius 2 is 2.11 bits per heavy atom. The molecule has 0 aliphatic rings. The normalized spacial score (nSPS) is 11.9. The standard InChI is InChI=1S/C11H11ClN2O3S/c1-2-5-14-7-13-10-4-3-8(18(12,16)17)6-9(10)11(14)15/h3-4,6-7H,2,5H2,1H3. The highest BCUT2D eigenvalue weighted by Crippen LogP contribution is 2.18. The molecule has 1 aromatic heterocycles. The molecule has 0 aliphatic carbocycles. The highest BCUT2D eigenvalue weighted by molar-refractivity contribution is 8.13. The van der Waals surface area contributed by atoms with Gasteiger partial charge in [-0.25, -0.2) is 13.4 Å². The topological polar surface area (TPSA) is 69.0 Å². The SMILES string of the molecule is CCCn1cnc2ccc(S(=O)(=O)Cl)cc2c1=O. The molecule has 2 rings (SSSR count). The van der Waals surface area contributed by atoms with E-state index in [1.54, 1.807) is 0 Å². The number of hydrogen-bond donors (Lipinski definition) is 0. The van der Waals surface area contributed by atoms with Gasteiger partial charge in [0.25, 0.3) is 14.6 Å². The van der Waals surface area contributed by atoms with E-state index in [1.807, 2.05) is 6.92 Å². The lowest BCUT2D eigenvalue weighted by atomic mass is 10.2. The van der Waals surface area contributed by atoms with Crippen molar-refractivity contribution in [2.75, 3.05) is 0 Å². The van der Waals surface area contributed by atoms with Crippen LogP contribution in [0.4, 0.5) is 0 Å². The lowest BCUT2D eigenvalue weighted by Crippen LogP contribution is -2.20. The average molecular weight is 287 g/mol. The van der Waals surface area contributed by atoms with Gasteiger partial charge in [0.15, 0.2) is 0 Å². The smallest absolute Gasteiger partial charge is 0.261 e. The number of nitrogens with zero attached hydrogens (tertiary/aromatic N) is 2. The molecule has 0 spiro atoms. The van der Waals surface area contributed by atoms with Crippen LogP contribution in [0.2, 0.25) is 0 Å². The van der Waals surface area contributed by atoms with Gasteiger partial charge in [-0.3, -0.25) is 9.36 Å². The van der Waals surface area contributed by atoms with Crippen LogP contribution in [-0.2, 0) is 15.6 Å². The number of aromatic nitrogens is 2. The zero-order valence-corrected chi connectivity index (χ0v) is 11.2. The molecule has 0 bridgehead atoms.